The zero-order chi connectivity index (χ0) is 24.4. The Morgan fingerprint density at radius 2 is 1.88 bits per heavy atom. The number of carbonyl (C=O) groups is 1. The third-order valence-corrected chi connectivity index (χ3v) is 7.12. The Hall–Kier alpha value is -2.47. The van der Waals surface area contributed by atoms with Crippen molar-refractivity contribution in [2.24, 2.45) is 0 Å². The molecule has 8 nitrogen and oxygen atoms in total. The number of pyridine rings is 1. The SMILES string of the molecule is CCCS(=O)(=O)NC1CCN(C(=O)c2cnn(-c3ccc(C(F)(F)F)cn3)c2C(C)C)CC1. The average Bonchev–Trinajstić information content (AvgIpc) is 3.18. The molecule has 0 unspecified atom stereocenters. The maximum absolute atomic E-state index is 13.2. The number of piperidine rings is 1. The molecule has 1 amide bonds. The summed E-state index contributed by atoms with van der Waals surface area (Å²) in [5.41, 5.74) is 0.0491. The van der Waals surface area contributed by atoms with Crippen molar-refractivity contribution in [1.82, 2.24) is 24.4 Å². The summed E-state index contributed by atoms with van der Waals surface area (Å²) >= 11 is 0. The van der Waals surface area contributed by atoms with Gasteiger partial charge in [-0.1, -0.05) is 20.8 Å². The minimum atomic E-state index is -4.49. The third-order valence-electron chi connectivity index (χ3n) is 5.48. The first-order valence-electron chi connectivity index (χ1n) is 10.8. The number of halogens is 3. The Labute approximate surface area is 191 Å². The van der Waals surface area contributed by atoms with E-state index in [9.17, 15) is 26.4 Å². The van der Waals surface area contributed by atoms with Gasteiger partial charge in [-0.05, 0) is 37.3 Å². The minimum Gasteiger partial charge on any atom is -0.338 e. The summed E-state index contributed by atoms with van der Waals surface area (Å²) < 4.78 is 66.6. The lowest BCUT2D eigenvalue weighted by molar-refractivity contribution is -0.137. The van der Waals surface area contributed by atoms with Crippen LogP contribution in [0.3, 0.4) is 0 Å². The minimum absolute atomic E-state index is 0.0705. The molecule has 1 saturated heterocycles. The van der Waals surface area contributed by atoms with Gasteiger partial charge in [0.2, 0.25) is 10.0 Å². The van der Waals surface area contributed by atoms with Crippen LogP contribution in [0.15, 0.2) is 24.5 Å². The second-order valence-electron chi connectivity index (χ2n) is 8.42. The highest BCUT2D eigenvalue weighted by molar-refractivity contribution is 7.89. The van der Waals surface area contributed by atoms with Gasteiger partial charge in [0.15, 0.2) is 5.82 Å². The molecule has 0 saturated carbocycles. The van der Waals surface area contributed by atoms with Gasteiger partial charge >= 0.3 is 6.18 Å². The van der Waals surface area contributed by atoms with Crippen molar-refractivity contribution < 1.29 is 26.4 Å². The third kappa shape index (κ3) is 5.91. The number of alkyl halides is 3. The van der Waals surface area contributed by atoms with Gasteiger partial charge in [-0.25, -0.2) is 22.8 Å². The number of aromatic nitrogens is 3. The molecule has 0 aliphatic carbocycles. The molecule has 12 heteroatoms. The Morgan fingerprint density at radius 1 is 1.21 bits per heavy atom. The van der Waals surface area contributed by atoms with Gasteiger partial charge in [0, 0.05) is 25.3 Å². The van der Waals surface area contributed by atoms with Crippen molar-refractivity contribution in [1.29, 1.82) is 0 Å². The normalized spacial score (nSPS) is 15.9. The van der Waals surface area contributed by atoms with Crippen LogP contribution in [0.4, 0.5) is 13.2 Å². The standard InChI is InChI=1S/C21H28F3N5O3S/c1-4-11-33(31,32)27-16-7-9-28(10-8-16)20(30)17-13-26-29(19(17)14(2)3)18-6-5-15(12-25-18)21(22,23)24/h5-6,12-14,16,27H,4,7-11H2,1-3H3. The van der Waals surface area contributed by atoms with Gasteiger partial charge in [-0.2, -0.15) is 18.3 Å². The summed E-state index contributed by atoms with van der Waals surface area (Å²) in [6.45, 7) is 6.30. The van der Waals surface area contributed by atoms with Crippen LogP contribution in [0.2, 0.25) is 0 Å². The second kappa shape index (κ2) is 9.80. The monoisotopic (exact) mass is 487 g/mol. The Bertz CT molecular complexity index is 1070. The molecular weight excluding hydrogens is 459 g/mol. The second-order valence-corrected chi connectivity index (χ2v) is 10.3. The van der Waals surface area contributed by atoms with E-state index in [1.807, 2.05) is 13.8 Å². The van der Waals surface area contributed by atoms with Gasteiger partial charge in [0.1, 0.15) is 0 Å². The highest BCUT2D eigenvalue weighted by atomic mass is 32.2. The number of nitrogens with zero attached hydrogens (tertiary/aromatic N) is 4. The molecule has 1 aliphatic rings. The molecule has 1 aliphatic heterocycles. The number of rotatable bonds is 7. The van der Waals surface area contributed by atoms with Crippen molar-refractivity contribution >= 4 is 15.9 Å². The number of hydrogen-bond donors (Lipinski definition) is 1. The largest absolute Gasteiger partial charge is 0.417 e. The van der Waals surface area contributed by atoms with Gasteiger partial charge in [-0.15, -0.1) is 0 Å². The summed E-state index contributed by atoms with van der Waals surface area (Å²) in [5, 5.41) is 4.23. The highest BCUT2D eigenvalue weighted by Gasteiger charge is 2.32. The Morgan fingerprint density at radius 3 is 2.39 bits per heavy atom. The van der Waals surface area contributed by atoms with Gasteiger partial charge in [0.25, 0.3) is 5.91 Å². The van der Waals surface area contributed by atoms with Crippen LogP contribution in [0.25, 0.3) is 5.82 Å². The molecule has 0 aromatic carbocycles. The number of nitrogens with one attached hydrogen (secondary N) is 1. The van der Waals surface area contributed by atoms with E-state index in [1.54, 1.807) is 11.8 Å². The van der Waals surface area contributed by atoms with E-state index in [0.29, 0.717) is 43.6 Å². The summed E-state index contributed by atoms with van der Waals surface area (Å²) in [7, 11) is -3.32. The zero-order valence-electron chi connectivity index (χ0n) is 18.8. The summed E-state index contributed by atoms with van der Waals surface area (Å²) in [6.07, 6.45) is -0.808. The maximum Gasteiger partial charge on any atom is 0.417 e. The van der Waals surface area contributed by atoms with E-state index in [1.165, 1.54) is 16.9 Å². The fraction of sp³-hybridized carbons (Fsp3) is 0.571. The molecule has 3 rings (SSSR count). The fourth-order valence-electron chi connectivity index (χ4n) is 3.89. The first-order valence-corrected chi connectivity index (χ1v) is 12.5. The number of amides is 1. The number of sulfonamides is 1. The van der Waals surface area contributed by atoms with Gasteiger partial charge in [-0.3, -0.25) is 4.79 Å². The molecule has 1 N–H and O–H groups in total. The van der Waals surface area contributed by atoms with Crippen molar-refractivity contribution in [3.8, 4) is 5.82 Å². The number of hydrogen-bond acceptors (Lipinski definition) is 5. The van der Waals surface area contributed by atoms with Crippen LogP contribution in [0, 0.1) is 0 Å². The zero-order valence-corrected chi connectivity index (χ0v) is 19.6. The molecule has 3 heterocycles. The van der Waals surface area contributed by atoms with Gasteiger partial charge < -0.3 is 4.90 Å². The average molecular weight is 488 g/mol. The topological polar surface area (TPSA) is 97.2 Å². The van der Waals surface area contributed by atoms with E-state index in [-0.39, 0.29) is 29.4 Å². The van der Waals surface area contributed by atoms with E-state index < -0.39 is 21.8 Å². The van der Waals surface area contributed by atoms with Crippen LogP contribution in [0.5, 0.6) is 0 Å². The van der Waals surface area contributed by atoms with Crippen LogP contribution >= 0.6 is 0 Å². The fourth-order valence-corrected chi connectivity index (χ4v) is 5.29. The summed E-state index contributed by atoms with van der Waals surface area (Å²) in [4.78, 5) is 18.8. The van der Waals surface area contributed by atoms with E-state index in [2.05, 4.69) is 14.8 Å². The van der Waals surface area contributed by atoms with E-state index in [4.69, 9.17) is 0 Å². The lowest BCUT2D eigenvalue weighted by Crippen LogP contribution is -2.47. The Balaban J connectivity index is 1.76. The number of carbonyl (C=O) groups excluding carboxylic acids is 1. The van der Waals surface area contributed by atoms with Crippen LogP contribution in [-0.2, 0) is 16.2 Å². The molecule has 0 bridgehead atoms. The van der Waals surface area contributed by atoms with E-state index >= 15 is 0 Å². The molecular formula is C21H28F3N5O3S. The number of likely N-dealkylation sites (tertiary alicyclic amines) is 1. The van der Waals surface area contributed by atoms with Crippen LogP contribution in [-0.4, -0.2) is 58.9 Å². The smallest absolute Gasteiger partial charge is 0.338 e. The molecule has 1 fully saturated rings. The Kier molecular flexibility index (Phi) is 7.47. The van der Waals surface area contributed by atoms with Crippen molar-refractivity contribution in [2.45, 2.75) is 58.2 Å². The van der Waals surface area contributed by atoms with Crippen molar-refractivity contribution in [3.63, 3.8) is 0 Å². The lowest BCUT2D eigenvalue weighted by atomic mass is 10.0. The van der Waals surface area contributed by atoms with Gasteiger partial charge in [0.05, 0.1) is 28.8 Å². The molecule has 0 spiro atoms. The van der Waals surface area contributed by atoms with Crippen molar-refractivity contribution in [2.75, 3.05) is 18.8 Å². The summed E-state index contributed by atoms with van der Waals surface area (Å²) in [6, 6.07) is 1.94. The predicted molar refractivity (Wildman–Crippen MR) is 117 cm³/mol. The summed E-state index contributed by atoms with van der Waals surface area (Å²) in [5.74, 6) is -0.128. The molecule has 0 radical (unpaired) electrons. The molecule has 0 atom stereocenters. The lowest BCUT2D eigenvalue weighted by Gasteiger charge is -2.32. The highest BCUT2D eigenvalue weighted by Crippen LogP contribution is 2.30. The molecule has 2 aromatic rings. The maximum atomic E-state index is 13.2. The first-order chi connectivity index (χ1) is 15.4. The molecule has 2 aromatic heterocycles. The predicted octanol–water partition coefficient (Wildman–Crippen LogP) is 3.34. The molecule has 182 valence electrons. The van der Waals surface area contributed by atoms with E-state index in [0.717, 1.165) is 12.3 Å². The van der Waals surface area contributed by atoms with Crippen LogP contribution in [0.1, 0.15) is 67.6 Å². The molecule has 33 heavy (non-hydrogen) atoms. The van der Waals surface area contributed by atoms with Crippen molar-refractivity contribution in [3.05, 3.63) is 41.3 Å². The quantitative estimate of drug-likeness (QED) is 0.646. The van der Waals surface area contributed by atoms with Crippen LogP contribution < -0.4 is 4.72 Å². The first kappa shape index (κ1) is 25.2.